The molecule has 1 amide bonds. The van der Waals surface area contributed by atoms with E-state index in [-0.39, 0.29) is 11.6 Å². The fourth-order valence-electron chi connectivity index (χ4n) is 3.62. The zero-order valence-corrected chi connectivity index (χ0v) is 17.4. The minimum atomic E-state index is -1.12. The van der Waals surface area contributed by atoms with E-state index < -0.39 is 10.1 Å². The summed E-state index contributed by atoms with van der Waals surface area (Å²) in [5.74, 6) is 0.285. The molecule has 0 bridgehead atoms. The number of rotatable bonds is 3. The van der Waals surface area contributed by atoms with E-state index in [1.165, 1.54) is 23.9 Å². The van der Waals surface area contributed by atoms with E-state index in [0.29, 0.717) is 45.0 Å². The van der Waals surface area contributed by atoms with Gasteiger partial charge in [0, 0.05) is 25.2 Å². The number of carbonyl (C=O) groups excluding carboxylic acids is 1. The van der Waals surface area contributed by atoms with E-state index in [4.69, 9.17) is 28.0 Å². The van der Waals surface area contributed by atoms with Crippen LogP contribution in [0.15, 0.2) is 52.5 Å². The van der Waals surface area contributed by atoms with E-state index in [1.807, 2.05) is 4.90 Å². The highest BCUT2D eigenvalue weighted by atomic mass is 35.5. The summed E-state index contributed by atoms with van der Waals surface area (Å²) in [6, 6.07) is 11.2. The Labute approximate surface area is 184 Å². The number of nitro benzene ring substituents is 1. The van der Waals surface area contributed by atoms with Crippen molar-refractivity contribution < 1.29 is 14.6 Å². The molecule has 30 heavy (non-hydrogen) atoms. The lowest BCUT2D eigenvalue weighted by Gasteiger charge is -2.29. The van der Waals surface area contributed by atoms with Gasteiger partial charge in [0.2, 0.25) is 0 Å². The summed E-state index contributed by atoms with van der Waals surface area (Å²) in [6.45, 7) is 0.967. The second-order valence-corrected chi connectivity index (χ2v) is 8.71. The van der Waals surface area contributed by atoms with Gasteiger partial charge in [0.05, 0.1) is 25.4 Å². The van der Waals surface area contributed by atoms with Gasteiger partial charge < -0.3 is 4.84 Å². The first-order valence-corrected chi connectivity index (χ1v) is 10.4. The Morgan fingerprint density at radius 2 is 1.80 bits per heavy atom. The number of amidine groups is 1. The first-order valence-electron chi connectivity index (χ1n) is 8.86. The summed E-state index contributed by atoms with van der Waals surface area (Å²) in [6.07, 6.45) is 1.69. The van der Waals surface area contributed by atoms with Crippen molar-refractivity contribution in [3.05, 3.63) is 78.7 Å². The standard InChI is InChI=1S/C19H12Cl2N4O4S/c20-13-2-1-3-14(21)16(13)17-22-29-19-23(17)8-9-24(19)18(26)15(30-19)10-11-4-6-12(7-5-11)25(27)28/h1-7,10H,8-9H2/b15-10-. The van der Waals surface area contributed by atoms with Crippen molar-refractivity contribution in [3.8, 4) is 0 Å². The van der Waals surface area contributed by atoms with Crippen molar-refractivity contribution in [1.82, 2.24) is 9.80 Å². The number of benzene rings is 2. The number of carbonyl (C=O) groups is 1. The van der Waals surface area contributed by atoms with Crippen molar-refractivity contribution in [2.45, 2.75) is 5.18 Å². The Balaban J connectivity index is 1.47. The summed E-state index contributed by atoms with van der Waals surface area (Å²) in [4.78, 5) is 33.1. The van der Waals surface area contributed by atoms with Crippen LogP contribution in [0.5, 0.6) is 0 Å². The molecular weight excluding hydrogens is 451 g/mol. The fraction of sp³-hybridized carbons (Fsp3) is 0.158. The molecule has 0 saturated carbocycles. The lowest BCUT2D eigenvalue weighted by molar-refractivity contribution is -0.384. The van der Waals surface area contributed by atoms with Crippen LogP contribution in [0.1, 0.15) is 11.1 Å². The van der Waals surface area contributed by atoms with E-state index >= 15 is 0 Å². The van der Waals surface area contributed by atoms with Gasteiger partial charge in [-0.25, -0.2) is 0 Å². The monoisotopic (exact) mass is 462 g/mol. The average molecular weight is 463 g/mol. The highest BCUT2D eigenvalue weighted by Crippen LogP contribution is 2.53. The minimum absolute atomic E-state index is 0.0123. The Morgan fingerprint density at radius 1 is 1.13 bits per heavy atom. The van der Waals surface area contributed by atoms with Crippen LogP contribution in [-0.4, -0.2) is 44.7 Å². The maximum Gasteiger partial charge on any atom is 0.348 e. The van der Waals surface area contributed by atoms with Gasteiger partial charge in [-0.1, -0.05) is 34.4 Å². The van der Waals surface area contributed by atoms with Crippen LogP contribution < -0.4 is 0 Å². The SMILES string of the molecule is O=C1/C(=C/c2ccc([N+](=O)[O-])cc2)SC23ON=C(c4c(Cl)cccc4Cl)N2CCN13. The predicted molar refractivity (Wildman–Crippen MR) is 114 cm³/mol. The molecular formula is C19H12Cl2N4O4S. The molecule has 3 aliphatic heterocycles. The summed E-state index contributed by atoms with van der Waals surface area (Å²) in [7, 11) is 0. The maximum absolute atomic E-state index is 13.0. The highest BCUT2D eigenvalue weighted by molar-refractivity contribution is 8.05. The number of non-ortho nitro benzene ring substituents is 1. The zero-order chi connectivity index (χ0) is 21.0. The minimum Gasteiger partial charge on any atom is -0.332 e. The molecule has 0 aromatic heterocycles. The van der Waals surface area contributed by atoms with Crippen LogP contribution in [-0.2, 0) is 9.63 Å². The number of nitro groups is 1. The van der Waals surface area contributed by atoms with Gasteiger partial charge in [-0.05, 0) is 47.7 Å². The van der Waals surface area contributed by atoms with Crippen LogP contribution in [0, 0.1) is 10.1 Å². The molecule has 1 spiro atoms. The number of oxime groups is 1. The Hall–Kier alpha value is -2.75. The van der Waals surface area contributed by atoms with Gasteiger partial charge in [0.15, 0.2) is 5.84 Å². The number of hydrogen-bond acceptors (Lipinski definition) is 7. The third-order valence-corrected chi connectivity index (χ3v) is 6.95. The van der Waals surface area contributed by atoms with Crippen molar-refractivity contribution in [1.29, 1.82) is 0 Å². The van der Waals surface area contributed by atoms with Crippen LogP contribution in [0.2, 0.25) is 10.0 Å². The number of nitrogens with zero attached hydrogens (tertiary/aromatic N) is 4. The largest absolute Gasteiger partial charge is 0.348 e. The Bertz CT molecular complexity index is 1130. The average Bonchev–Trinajstić information content (AvgIpc) is 3.32. The molecule has 0 N–H and O–H groups in total. The first-order chi connectivity index (χ1) is 14.4. The smallest absolute Gasteiger partial charge is 0.332 e. The van der Waals surface area contributed by atoms with Gasteiger partial charge in [-0.2, -0.15) is 0 Å². The van der Waals surface area contributed by atoms with Gasteiger partial charge in [-0.15, -0.1) is 0 Å². The lowest BCUT2D eigenvalue weighted by Crippen LogP contribution is -2.48. The normalized spacial score (nSPS) is 23.5. The number of thioether (sulfide) groups is 1. The summed E-state index contributed by atoms with van der Waals surface area (Å²) < 4.78 is 0. The molecule has 5 rings (SSSR count). The first kappa shape index (κ1) is 19.2. The molecule has 3 aliphatic rings. The maximum atomic E-state index is 13.0. The lowest BCUT2D eigenvalue weighted by atomic mass is 10.2. The van der Waals surface area contributed by atoms with E-state index in [9.17, 15) is 14.9 Å². The van der Waals surface area contributed by atoms with Crippen LogP contribution in [0.25, 0.3) is 6.08 Å². The molecule has 2 saturated heterocycles. The molecule has 3 heterocycles. The summed E-state index contributed by atoms with van der Waals surface area (Å²) in [5.41, 5.74) is 1.22. The molecule has 0 radical (unpaired) electrons. The highest BCUT2D eigenvalue weighted by Gasteiger charge is 2.64. The van der Waals surface area contributed by atoms with Crippen molar-refractivity contribution in [2.75, 3.05) is 13.1 Å². The Morgan fingerprint density at radius 3 is 2.47 bits per heavy atom. The molecule has 1 atom stereocenters. The summed E-state index contributed by atoms with van der Waals surface area (Å²) >= 11 is 13.9. The molecule has 1 unspecified atom stereocenters. The van der Waals surface area contributed by atoms with Crippen molar-refractivity contribution in [2.24, 2.45) is 5.16 Å². The molecule has 2 aromatic carbocycles. The number of halogens is 2. The molecule has 2 fully saturated rings. The number of hydrogen-bond donors (Lipinski definition) is 0. The number of amides is 1. The topological polar surface area (TPSA) is 88.3 Å². The van der Waals surface area contributed by atoms with E-state index in [1.54, 1.807) is 41.3 Å². The van der Waals surface area contributed by atoms with Crippen molar-refractivity contribution in [3.63, 3.8) is 0 Å². The fourth-order valence-corrected chi connectivity index (χ4v) is 5.52. The van der Waals surface area contributed by atoms with Crippen LogP contribution >= 0.6 is 35.0 Å². The molecule has 0 aliphatic carbocycles. The van der Waals surface area contributed by atoms with Gasteiger partial charge in [0.1, 0.15) is 0 Å². The molecule has 152 valence electrons. The second-order valence-electron chi connectivity index (χ2n) is 6.72. The van der Waals surface area contributed by atoms with Gasteiger partial charge >= 0.3 is 5.18 Å². The third-order valence-electron chi connectivity index (χ3n) is 5.02. The Kier molecular flexibility index (Phi) is 4.42. The van der Waals surface area contributed by atoms with E-state index in [2.05, 4.69) is 5.16 Å². The second kappa shape index (κ2) is 6.90. The predicted octanol–water partition coefficient (Wildman–Crippen LogP) is 4.14. The van der Waals surface area contributed by atoms with Gasteiger partial charge in [0.25, 0.3) is 11.6 Å². The molecule has 11 heteroatoms. The molecule has 8 nitrogen and oxygen atoms in total. The quantitative estimate of drug-likeness (QED) is 0.386. The molecule has 2 aromatic rings. The zero-order valence-electron chi connectivity index (χ0n) is 15.1. The van der Waals surface area contributed by atoms with Crippen LogP contribution in [0.3, 0.4) is 0 Å². The van der Waals surface area contributed by atoms with Crippen LogP contribution in [0.4, 0.5) is 5.69 Å². The van der Waals surface area contributed by atoms with Crippen molar-refractivity contribution >= 4 is 58.5 Å². The van der Waals surface area contributed by atoms with Gasteiger partial charge in [-0.3, -0.25) is 24.7 Å². The van der Waals surface area contributed by atoms with E-state index in [0.717, 1.165) is 0 Å². The summed E-state index contributed by atoms with van der Waals surface area (Å²) in [5, 5.41) is 14.8. The third kappa shape index (κ3) is 2.77.